The molecule has 3 rings (SSSR count). The number of hydrogen-bond acceptors (Lipinski definition) is 4. The molecule has 1 saturated heterocycles. The van der Waals surface area contributed by atoms with E-state index in [9.17, 15) is 14.0 Å². The number of thiazole rings is 1. The Bertz CT molecular complexity index is 839. The number of nitrogens with zero attached hydrogens (tertiary/aromatic N) is 3. The maximum Gasteiger partial charge on any atom is 0.227 e. The standard InChI is InChI=1S/C21H26FN3O2S/c1-15-19(28-14-23-15)9-10-24(2)21(27)17-6-7-20(26)25(13-17)11-8-16-4-3-5-18(22)12-16/h3-5,12,14,17H,6-11,13H2,1-2H3/t17-/m0/s1. The van der Waals surface area contributed by atoms with Crippen LogP contribution >= 0.6 is 11.3 Å². The van der Waals surface area contributed by atoms with Gasteiger partial charge >= 0.3 is 0 Å². The molecule has 1 aliphatic rings. The summed E-state index contributed by atoms with van der Waals surface area (Å²) < 4.78 is 13.3. The topological polar surface area (TPSA) is 53.5 Å². The number of amides is 2. The molecule has 5 nitrogen and oxygen atoms in total. The fraction of sp³-hybridized carbons (Fsp3) is 0.476. The van der Waals surface area contributed by atoms with Crippen molar-refractivity contribution >= 4 is 23.2 Å². The summed E-state index contributed by atoms with van der Waals surface area (Å²) in [7, 11) is 1.83. The van der Waals surface area contributed by atoms with Crippen molar-refractivity contribution in [3.63, 3.8) is 0 Å². The number of rotatable bonds is 7. The Morgan fingerprint density at radius 3 is 2.93 bits per heavy atom. The number of likely N-dealkylation sites (tertiary alicyclic amines) is 1. The minimum atomic E-state index is -0.270. The first-order valence-corrected chi connectivity index (χ1v) is 10.5. The Labute approximate surface area is 169 Å². The molecule has 0 spiro atoms. The number of likely N-dealkylation sites (N-methyl/N-ethyl adjacent to an activating group) is 1. The minimum absolute atomic E-state index is 0.0726. The van der Waals surface area contributed by atoms with Crippen molar-refractivity contribution in [2.45, 2.75) is 32.6 Å². The smallest absolute Gasteiger partial charge is 0.227 e. The summed E-state index contributed by atoms with van der Waals surface area (Å²) in [6.07, 6.45) is 2.37. The Kier molecular flexibility index (Phi) is 6.78. The van der Waals surface area contributed by atoms with Crippen molar-refractivity contribution in [2.24, 2.45) is 5.92 Å². The molecule has 1 aliphatic heterocycles. The van der Waals surface area contributed by atoms with E-state index in [2.05, 4.69) is 4.98 Å². The van der Waals surface area contributed by atoms with Gasteiger partial charge in [-0.25, -0.2) is 9.37 Å². The number of halogens is 1. The van der Waals surface area contributed by atoms with Crippen LogP contribution in [0.4, 0.5) is 4.39 Å². The number of hydrogen-bond donors (Lipinski definition) is 0. The Morgan fingerprint density at radius 2 is 2.21 bits per heavy atom. The predicted octanol–water partition coefficient (Wildman–Crippen LogP) is 3.07. The molecular formula is C21H26FN3O2S. The van der Waals surface area contributed by atoms with Crippen LogP contribution in [-0.4, -0.2) is 53.3 Å². The van der Waals surface area contributed by atoms with E-state index in [1.165, 1.54) is 17.0 Å². The molecular weight excluding hydrogens is 377 g/mol. The number of carbonyl (C=O) groups excluding carboxylic acids is 2. The predicted molar refractivity (Wildman–Crippen MR) is 108 cm³/mol. The zero-order chi connectivity index (χ0) is 20.1. The van der Waals surface area contributed by atoms with Crippen LogP contribution in [0.5, 0.6) is 0 Å². The summed E-state index contributed by atoms with van der Waals surface area (Å²) in [4.78, 5) is 34.1. The number of benzene rings is 1. The Balaban J connectivity index is 1.52. The van der Waals surface area contributed by atoms with Gasteiger partial charge in [0, 0.05) is 44.4 Å². The SMILES string of the molecule is Cc1ncsc1CCN(C)C(=O)[C@H]1CCC(=O)N(CCc2cccc(F)c2)C1. The second-order valence-corrected chi connectivity index (χ2v) is 8.27. The fourth-order valence-electron chi connectivity index (χ4n) is 3.55. The van der Waals surface area contributed by atoms with E-state index < -0.39 is 0 Å². The van der Waals surface area contributed by atoms with Gasteiger partial charge in [0.05, 0.1) is 17.1 Å². The monoisotopic (exact) mass is 403 g/mol. The van der Waals surface area contributed by atoms with E-state index in [-0.39, 0.29) is 23.5 Å². The van der Waals surface area contributed by atoms with Gasteiger partial charge in [-0.05, 0) is 37.5 Å². The van der Waals surface area contributed by atoms with Gasteiger partial charge in [0.25, 0.3) is 0 Å². The molecule has 0 bridgehead atoms. The maximum atomic E-state index is 13.3. The van der Waals surface area contributed by atoms with E-state index >= 15 is 0 Å². The number of aromatic nitrogens is 1. The van der Waals surface area contributed by atoms with E-state index in [4.69, 9.17) is 0 Å². The van der Waals surface area contributed by atoms with Crippen LogP contribution in [0.25, 0.3) is 0 Å². The first-order chi connectivity index (χ1) is 13.4. The summed E-state index contributed by atoms with van der Waals surface area (Å²) in [6.45, 7) is 3.58. The van der Waals surface area contributed by atoms with Crippen LogP contribution in [0.2, 0.25) is 0 Å². The highest BCUT2D eigenvalue weighted by Crippen LogP contribution is 2.21. The highest BCUT2D eigenvalue weighted by Gasteiger charge is 2.31. The lowest BCUT2D eigenvalue weighted by Gasteiger charge is -2.34. The first kappa shape index (κ1) is 20.5. The zero-order valence-electron chi connectivity index (χ0n) is 16.4. The third kappa shape index (κ3) is 5.16. The van der Waals surface area contributed by atoms with Crippen molar-refractivity contribution in [1.29, 1.82) is 0 Å². The molecule has 0 saturated carbocycles. The van der Waals surface area contributed by atoms with Gasteiger partial charge in [-0.1, -0.05) is 12.1 Å². The average Bonchev–Trinajstić information content (AvgIpc) is 3.10. The molecule has 7 heteroatoms. The molecule has 28 heavy (non-hydrogen) atoms. The number of piperidine rings is 1. The van der Waals surface area contributed by atoms with Gasteiger partial charge in [-0.2, -0.15) is 0 Å². The molecule has 0 aliphatic carbocycles. The molecule has 2 amide bonds. The van der Waals surface area contributed by atoms with Crippen molar-refractivity contribution < 1.29 is 14.0 Å². The number of carbonyl (C=O) groups is 2. The largest absolute Gasteiger partial charge is 0.345 e. The highest BCUT2D eigenvalue weighted by molar-refractivity contribution is 7.09. The number of aryl methyl sites for hydroxylation is 1. The lowest BCUT2D eigenvalue weighted by molar-refractivity contribution is -0.142. The second-order valence-electron chi connectivity index (χ2n) is 7.33. The normalized spacial score (nSPS) is 17.0. The van der Waals surface area contributed by atoms with E-state index in [1.807, 2.05) is 25.5 Å². The van der Waals surface area contributed by atoms with Crippen LogP contribution in [-0.2, 0) is 22.4 Å². The molecule has 0 N–H and O–H groups in total. The van der Waals surface area contributed by atoms with Crippen LogP contribution in [0, 0.1) is 18.7 Å². The molecule has 1 aromatic heterocycles. The lowest BCUT2D eigenvalue weighted by atomic mass is 9.95. The highest BCUT2D eigenvalue weighted by atomic mass is 32.1. The third-order valence-electron chi connectivity index (χ3n) is 5.30. The van der Waals surface area contributed by atoms with E-state index in [0.29, 0.717) is 38.9 Å². The Morgan fingerprint density at radius 1 is 1.39 bits per heavy atom. The second kappa shape index (κ2) is 9.28. The summed E-state index contributed by atoms with van der Waals surface area (Å²) in [5.41, 5.74) is 3.71. The average molecular weight is 404 g/mol. The van der Waals surface area contributed by atoms with E-state index in [1.54, 1.807) is 27.2 Å². The van der Waals surface area contributed by atoms with E-state index in [0.717, 1.165) is 17.7 Å². The first-order valence-electron chi connectivity index (χ1n) is 9.60. The molecule has 150 valence electrons. The summed E-state index contributed by atoms with van der Waals surface area (Å²) in [5, 5.41) is 0. The molecule has 1 aromatic carbocycles. The van der Waals surface area contributed by atoms with Crippen LogP contribution < -0.4 is 0 Å². The molecule has 2 aromatic rings. The quantitative estimate of drug-likeness (QED) is 0.714. The lowest BCUT2D eigenvalue weighted by Crippen LogP contribution is -2.47. The van der Waals surface area contributed by atoms with Crippen molar-refractivity contribution in [3.8, 4) is 0 Å². The summed E-state index contributed by atoms with van der Waals surface area (Å²) >= 11 is 1.62. The van der Waals surface area contributed by atoms with Crippen molar-refractivity contribution in [1.82, 2.24) is 14.8 Å². The van der Waals surface area contributed by atoms with Gasteiger partial charge in [-0.3, -0.25) is 9.59 Å². The van der Waals surface area contributed by atoms with Crippen LogP contribution in [0.1, 0.15) is 29.0 Å². The van der Waals surface area contributed by atoms with Gasteiger partial charge < -0.3 is 9.80 Å². The van der Waals surface area contributed by atoms with Crippen molar-refractivity contribution in [3.05, 3.63) is 51.7 Å². The van der Waals surface area contributed by atoms with Gasteiger partial charge in [0.15, 0.2) is 0 Å². The molecule has 0 radical (unpaired) electrons. The Hall–Kier alpha value is -2.28. The van der Waals surface area contributed by atoms with Gasteiger partial charge in [0.2, 0.25) is 11.8 Å². The van der Waals surface area contributed by atoms with Crippen LogP contribution in [0.15, 0.2) is 29.8 Å². The fourth-order valence-corrected chi connectivity index (χ4v) is 4.32. The van der Waals surface area contributed by atoms with Gasteiger partial charge in [-0.15, -0.1) is 11.3 Å². The third-order valence-corrected chi connectivity index (χ3v) is 6.30. The van der Waals surface area contributed by atoms with Crippen molar-refractivity contribution in [2.75, 3.05) is 26.7 Å². The molecule has 2 heterocycles. The molecule has 1 atom stereocenters. The van der Waals surface area contributed by atoms with Gasteiger partial charge in [0.1, 0.15) is 5.82 Å². The summed E-state index contributed by atoms with van der Waals surface area (Å²) in [5.74, 6) is -0.278. The van der Waals surface area contributed by atoms with Crippen LogP contribution in [0.3, 0.4) is 0 Å². The molecule has 0 unspecified atom stereocenters. The minimum Gasteiger partial charge on any atom is -0.345 e. The molecule has 1 fully saturated rings. The maximum absolute atomic E-state index is 13.3. The summed E-state index contributed by atoms with van der Waals surface area (Å²) in [6, 6.07) is 6.43. The zero-order valence-corrected chi connectivity index (χ0v) is 17.2.